The monoisotopic (exact) mass is 381 g/mol. The Labute approximate surface area is 169 Å². The van der Waals surface area contributed by atoms with E-state index in [-0.39, 0.29) is 5.91 Å². The second kappa shape index (κ2) is 8.35. The van der Waals surface area contributed by atoms with Crippen LogP contribution in [0, 0.1) is 6.92 Å². The average molecular weight is 381 g/mol. The van der Waals surface area contributed by atoms with Crippen molar-refractivity contribution < 1.29 is 9.53 Å². The van der Waals surface area contributed by atoms with E-state index in [0.717, 1.165) is 22.5 Å². The summed E-state index contributed by atoms with van der Waals surface area (Å²) in [5, 5.41) is 2.90. The largest absolute Gasteiger partial charge is 0.439 e. The Bertz CT molecular complexity index is 1140. The van der Waals surface area contributed by atoms with Crippen molar-refractivity contribution >= 4 is 11.6 Å². The molecule has 4 rings (SSSR count). The lowest BCUT2D eigenvalue weighted by Gasteiger charge is -2.09. The average Bonchev–Trinajstić information content (AvgIpc) is 2.75. The zero-order chi connectivity index (χ0) is 20.1. The summed E-state index contributed by atoms with van der Waals surface area (Å²) in [4.78, 5) is 21.1. The Morgan fingerprint density at radius 2 is 1.69 bits per heavy atom. The van der Waals surface area contributed by atoms with Gasteiger partial charge in [0.1, 0.15) is 12.1 Å². The number of nitrogens with zero attached hydrogens (tertiary/aromatic N) is 2. The predicted molar refractivity (Wildman–Crippen MR) is 113 cm³/mol. The van der Waals surface area contributed by atoms with Gasteiger partial charge in [-0.1, -0.05) is 48.5 Å². The van der Waals surface area contributed by atoms with E-state index in [1.54, 1.807) is 30.3 Å². The Balaban J connectivity index is 1.51. The molecule has 5 nitrogen and oxygen atoms in total. The molecule has 0 bridgehead atoms. The number of benzene rings is 3. The third-order valence-electron chi connectivity index (χ3n) is 4.31. The van der Waals surface area contributed by atoms with Crippen molar-refractivity contribution in [3.05, 3.63) is 102 Å². The van der Waals surface area contributed by atoms with Crippen LogP contribution < -0.4 is 10.1 Å². The molecule has 0 radical (unpaired) electrons. The number of amides is 1. The third kappa shape index (κ3) is 4.65. The fraction of sp³-hybridized carbons (Fsp3) is 0.0417. The van der Waals surface area contributed by atoms with E-state index in [1.807, 2.05) is 61.5 Å². The van der Waals surface area contributed by atoms with Gasteiger partial charge in [0, 0.05) is 22.9 Å². The van der Waals surface area contributed by atoms with Crippen molar-refractivity contribution in [3.8, 4) is 22.9 Å². The lowest BCUT2D eigenvalue weighted by Crippen LogP contribution is -2.11. The first-order valence-electron chi connectivity index (χ1n) is 9.21. The molecule has 0 spiro atoms. The molecule has 1 amide bonds. The molecule has 29 heavy (non-hydrogen) atoms. The van der Waals surface area contributed by atoms with E-state index in [4.69, 9.17) is 4.74 Å². The van der Waals surface area contributed by atoms with Crippen LogP contribution in [-0.4, -0.2) is 15.9 Å². The zero-order valence-corrected chi connectivity index (χ0v) is 15.9. The summed E-state index contributed by atoms with van der Waals surface area (Å²) in [7, 11) is 0. The van der Waals surface area contributed by atoms with Gasteiger partial charge in [-0.05, 0) is 42.8 Å². The third-order valence-corrected chi connectivity index (χ3v) is 4.31. The van der Waals surface area contributed by atoms with Gasteiger partial charge in [0.25, 0.3) is 5.91 Å². The van der Waals surface area contributed by atoms with Crippen molar-refractivity contribution in [3.63, 3.8) is 0 Å². The topological polar surface area (TPSA) is 64.1 Å². The highest BCUT2D eigenvalue weighted by Gasteiger charge is 2.09. The quantitative estimate of drug-likeness (QED) is 0.496. The maximum atomic E-state index is 12.6. The number of carbonyl (C=O) groups excluding carboxylic acids is 1. The standard InChI is InChI=1S/C24H19N3O2/c1-17-7-5-11-20(13-17)27-24(28)19-10-6-12-21(14-19)29-23-15-22(25-16-26-23)18-8-3-2-4-9-18/h2-16H,1H3,(H,27,28). The van der Waals surface area contributed by atoms with Crippen LogP contribution in [-0.2, 0) is 0 Å². The molecule has 0 unspecified atom stereocenters. The SMILES string of the molecule is Cc1cccc(NC(=O)c2cccc(Oc3cc(-c4ccccc4)ncn3)c2)c1. The number of carbonyl (C=O) groups is 1. The summed E-state index contributed by atoms with van der Waals surface area (Å²) in [6.07, 6.45) is 1.46. The van der Waals surface area contributed by atoms with Crippen molar-refractivity contribution in [2.45, 2.75) is 6.92 Å². The number of ether oxygens (including phenoxy) is 1. The van der Waals surface area contributed by atoms with Crippen LogP contribution in [0.25, 0.3) is 11.3 Å². The normalized spacial score (nSPS) is 10.4. The minimum absolute atomic E-state index is 0.200. The van der Waals surface area contributed by atoms with Gasteiger partial charge in [-0.3, -0.25) is 4.79 Å². The summed E-state index contributed by atoms with van der Waals surface area (Å²) < 4.78 is 5.87. The summed E-state index contributed by atoms with van der Waals surface area (Å²) in [6.45, 7) is 1.98. The second-order valence-corrected chi connectivity index (χ2v) is 6.56. The van der Waals surface area contributed by atoms with Gasteiger partial charge in [0.05, 0.1) is 5.69 Å². The Morgan fingerprint density at radius 1 is 0.862 bits per heavy atom. The minimum Gasteiger partial charge on any atom is -0.439 e. The fourth-order valence-corrected chi connectivity index (χ4v) is 2.91. The van der Waals surface area contributed by atoms with E-state index in [9.17, 15) is 4.79 Å². The summed E-state index contributed by atoms with van der Waals surface area (Å²) in [6, 6.07) is 26.2. The fourth-order valence-electron chi connectivity index (χ4n) is 2.91. The number of nitrogens with one attached hydrogen (secondary N) is 1. The molecule has 1 N–H and O–H groups in total. The lowest BCUT2D eigenvalue weighted by atomic mass is 10.1. The van der Waals surface area contributed by atoms with Gasteiger partial charge < -0.3 is 10.1 Å². The highest BCUT2D eigenvalue weighted by atomic mass is 16.5. The van der Waals surface area contributed by atoms with Crippen LogP contribution in [0.3, 0.4) is 0 Å². The number of aryl methyl sites for hydroxylation is 1. The van der Waals surface area contributed by atoms with Crippen molar-refractivity contribution in [2.24, 2.45) is 0 Å². The molecule has 0 aliphatic heterocycles. The molecule has 1 heterocycles. The Hall–Kier alpha value is -3.99. The smallest absolute Gasteiger partial charge is 0.255 e. The van der Waals surface area contributed by atoms with E-state index < -0.39 is 0 Å². The Morgan fingerprint density at radius 3 is 2.52 bits per heavy atom. The molecular formula is C24H19N3O2. The van der Waals surface area contributed by atoms with Crippen molar-refractivity contribution in [1.82, 2.24) is 9.97 Å². The van der Waals surface area contributed by atoms with Gasteiger partial charge in [0.15, 0.2) is 0 Å². The number of hydrogen-bond donors (Lipinski definition) is 1. The van der Waals surface area contributed by atoms with Crippen molar-refractivity contribution in [1.29, 1.82) is 0 Å². The highest BCUT2D eigenvalue weighted by molar-refractivity contribution is 6.04. The molecule has 0 aliphatic rings. The minimum atomic E-state index is -0.200. The molecule has 0 aliphatic carbocycles. The number of aromatic nitrogens is 2. The molecule has 0 atom stereocenters. The van der Waals surface area contributed by atoms with Gasteiger partial charge in [0.2, 0.25) is 5.88 Å². The lowest BCUT2D eigenvalue weighted by molar-refractivity contribution is 0.102. The molecule has 0 saturated heterocycles. The van der Waals surface area contributed by atoms with Crippen LogP contribution in [0.2, 0.25) is 0 Å². The van der Waals surface area contributed by atoms with Gasteiger partial charge in [-0.25, -0.2) is 9.97 Å². The van der Waals surface area contributed by atoms with Crippen LogP contribution in [0.5, 0.6) is 11.6 Å². The number of anilines is 1. The number of rotatable bonds is 5. The summed E-state index contributed by atoms with van der Waals surface area (Å²) in [5.41, 5.74) is 4.08. The molecule has 5 heteroatoms. The molecule has 4 aromatic rings. The first-order chi connectivity index (χ1) is 14.2. The van der Waals surface area contributed by atoms with Crippen LogP contribution >= 0.6 is 0 Å². The highest BCUT2D eigenvalue weighted by Crippen LogP contribution is 2.24. The van der Waals surface area contributed by atoms with E-state index in [2.05, 4.69) is 15.3 Å². The first kappa shape index (κ1) is 18.4. The molecule has 1 aromatic heterocycles. The van der Waals surface area contributed by atoms with Gasteiger partial charge >= 0.3 is 0 Å². The maximum Gasteiger partial charge on any atom is 0.255 e. The predicted octanol–water partition coefficient (Wildman–Crippen LogP) is 5.50. The zero-order valence-electron chi connectivity index (χ0n) is 15.9. The van der Waals surface area contributed by atoms with E-state index in [1.165, 1.54) is 6.33 Å². The first-order valence-corrected chi connectivity index (χ1v) is 9.21. The number of hydrogen-bond acceptors (Lipinski definition) is 4. The summed E-state index contributed by atoms with van der Waals surface area (Å²) >= 11 is 0. The van der Waals surface area contributed by atoms with Crippen LogP contribution in [0.4, 0.5) is 5.69 Å². The van der Waals surface area contributed by atoms with Crippen LogP contribution in [0.1, 0.15) is 15.9 Å². The van der Waals surface area contributed by atoms with Crippen molar-refractivity contribution in [2.75, 3.05) is 5.32 Å². The molecule has 142 valence electrons. The Kier molecular flexibility index (Phi) is 5.29. The molecule has 0 fully saturated rings. The summed E-state index contributed by atoms with van der Waals surface area (Å²) in [5.74, 6) is 0.739. The van der Waals surface area contributed by atoms with Crippen LogP contribution in [0.15, 0.2) is 91.3 Å². The molecular weight excluding hydrogens is 362 g/mol. The molecule has 0 saturated carbocycles. The van der Waals surface area contributed by atoms with Gasteiger partial charge in [-0.15, -0.1) is 0 Å². The van der Waals surface area contributed by atoms with E-state index >= 15 is 0 Å². The maximum absolute atomic E-state index is 12.6. The second-order valence-electron chi connectivity index (χ2n) is 6.56. The van der Waals surface area contributed by atoms with Gasteiger partial charge in [-0.2, -0.15) is 0 Å². The van der Waals surface area contributed by atoms with E-state index in [0.29, 0.717) is 17.2 Å². The molecule has 3 aromatic carbocycles.